The fraction of sp³-hybridized carbons (Fsp3) is 0.333. The minimum Gasteiger partial charge on any atom is -0.300 e. The number of nitriles is 1. The van der Waals surface area contributed by atoms with E-state index in [0.29, 0.717) is 5.56 Å². The fourth-order valence-corrected chi connectivity index (χ4v) is 1.99. The number of aryl methyl sites for hydroxylation is 1. The maximum atomic E-state index is 8.88. The maximum Gasteiger partial charge on any atom is 0.0991 e. The summed E-state index contributed by atoms with van der Waals surface area (Å²) in [5.41, 5.74) is 3.07. The van der Waals surface area contributed by atoms with Crippen LogP contribution >= 0.6 is 0 Å². The third-order valence-electron chi connectivity index (χ3n) is 2.98. The van der Waals surface area contributed by atoms with Gasteiger partial charge in [-0.3, -0.25) is 4.68 Å². The summed E-state index contributed by atoms with van der Waals surface area (Å²) in [6.07, 6.45) is 3.92. The monoisotopic (exact) mass is 254 g/mol. The molecule has 0 atom stereocenters. The first-order valence-corrected chi connectivity index (χ1v) is 6.34. The first-order valence-electron chi connectivity index (χ1n) is 6.34. The van der Waals surface area contributed by atoms with E-state index in [-0.39, 0.29) is 0 Å². The minimum absolute atomic E-state index is 0.716. The summed E-state index contributed by atoms with van der Waals surface area (Å²) < 4.78 is 1.96. The number of aromatic nitrogens is 2. The minimum atomic E-state index is 0.716. The highest BCUT2D eigenvalue weighted by atomic mass is 15.3. The molecule has 0 amide bonds. The van der Waals surface area contributed by atoms with E-state index in [1.54, 1.807) is 0 Å². The maximum absolute atomic E-state index is 8.88. The fourth-order valence-electron chi connectivity index (χ4n) is 1.99. The largest absolute Gasteiger partial charge is 0.300 e. The van der Waals surface area contributed by atoms with Crippen molar-refractivity contribution in [1.29, 1.82) is 5.26 Å². The van der Waals surface area contributed by atoms with E-state index in [4.69, 9.17) is 5.26 Å². The third kappa shape index (κ3) is 3.94. The van der Waals surface area contributed by atoms with Crippen LogP contribution in [0.4, 0.5) is 0 Å². The molecule has 0 unspecified atom stereocenters. The molecule has 0 radical (unpaired) electrons. The first-order chi connectivity index (χ1) is 9.17. The summed E-state index contributed by atoms with van der Waals surface area (Å²) in [7, 11) is 2.08. The Morgan fingerprint density at radius 3 is 2.95 bits per heavy atom. The summed E-state index contributed by atoms with van der Waals surface area (Å²) in [5.74, 6) is 0. The molecule has 0 saturated heterocycles. The van der Waals surface area contributed by atoms with Gasteiger partial charge in [-0.15, -0.1) is 0 Å². The second kappa shape index (κ2) is 6.17. The van der Waals surface area contributed by atoms with Crippen molar-refractivity contribution < 1.29 is 0 Å². The second-order valence-corrected chi connectivity index (χ2v) is 4.83. The third-order valence-corrected chi connectivity index (χ3v) is 2.98. The van der Waals surface area contributed by atoms with E-state index in [1.807, 2.05) is 42.2 Å². The molecule has 0 aliphatic heterocycles. The van der Waals surface area contributed by atoms with Crippen molar-refractivity contribution in [3.63, 3.8) is 0 Å². The van der Waals surface area contributed by atoms with Crippen LogP contribution in [0, 0.1) is 18.3 Å². The lowest BCUT2D eigenvalue weighted by atomic mass is 10.1. The molecule has 2 aromatic rings. The number of benzene rings is 1. The van der Waals surface area contributed by atoms with Gasteiger partial charge in [0.2, 0.25) is 0 Å². The number of hydrogen-bond donors (Lipinski definition) is 0. The van der Waals surface area contributed by atoms with Crippen LogP contribution in [0.15, 0.2) is 36.7 Å². The molecule has 2 rings (SSSR count). The average Bonchev–Trinajstić information content (AvgIpc) is 2.82. The van der Waals surface area contributed by atoms with Crippen LogP contribution in [0.25, 0.3) is 0 Å². The standard InChI is InChI=1S/C15H18N4/c1-13-10-17-19(11-13)7-6-18(2)12-15-5-3-4-14(8-15)9-16/h3-5,8,10-11H,6-7,12H2,1-2H3. The van der Waals surface area contributed by atoms with Crippen LogP contribution in [0.1, 0.15) is 16.7 Å². The number of hydrogen-bond acceptors (Lipinski definition) is 3. The molecule has 0 fully saturated rings. The van der Waals surface area contributed by atoms with Crippen molar-refractivity contribution in [3.8, 4) is 6.07 Å². The van der Waals surface area contributed by atoms with Gasteiger partial charge < -0.3 is 4.90 Å². The van der Waals surface area contributed by atoms with Crippen LogP contribution < -0.4 is 0 Å². The van der Waals surface area contributed by atoms with Crippen molar-refractivity contribution >= 4 is 0 Å². The molecule has 98 valence electrons. The number of likely N-dealkylation sites (N-methyl/N-ethyl adjacent to an activating group) is 1. The molecule has 1 aromatic carbocycles. The van der Waals surface area contributed by atoms with Gasteiger partial charge in [-0.25, -0.2) is 0 Å². The molecule has 0 N–H and O–H groups in total. The highest BCUT2D eigenvalue weighted by molar-refractivity contribution is 5.32. The zero-order valence-corrected chi connectivity index (χ0v) is 11.4. The SMILES string of the molecule is Cc1cnn(CCN(C)Cc2cccc(C#N)c2)c1. The number of nitrogens with zero attached hydrogens (tertiary/aromatic N) is 4. The smallest absolute Gasteiger partial charge is 0.0991 e. The Labute approximate surface area is 113 Å². The summed E-state index contributed by atoms with van der Waals surface area (Å²) in [5, 5.41) is 13.1. The molecular formula is C15H18N4. The Hall–Kier alpha value is -2.12. The van der Waals surface area contributed by atoms with Crippen molar-refractivity contribution in [1.82, 2.24) is 14.7 Å². The Kier molecular flexibility index (Phi) is 4.32. The van der Waals surface area contributed by atoms with Crippen LogP contribution in [0.3, 0.4) is 0 Å². The molecule has 0 aliphatic rings. The molecule has 0 bridgehead atoms. The predicted molar refractivity (Wildman–Crippen MR) is 74.5 cm³/mol. The zero-order chi connectivity index (χ0) is 13.7. The Morgan fingerprint density at radius 2 is 2.26 bits per heavy atom. The first kappa shape index (κ1) is 13.3. The van der Waals surface area contributed by atoms with E-state index in [1.165, 1.54) is 5.56 Å². The highest BCUT2D eigenvalue weighted by Crippen LogP contribution is 2.07. The average molecular weight is 254 g/mol. The van der Waals surface area contributed by atoms with Crippen LogP contribution in [-0.4, -0.2) is 28.3 Å². The highest BCUT2D eigenvalue weighted by Gasteiger charge is 2.02. The van der Waals surface area contributed by atoms with Crippen molar-refractivity contribution in [2.75, 3.05) is 13.6 Å². The van der Waals surface area contributed by atoms with Crippen molar-refractivity contribution in [2.24, 2.45) is 0 Å². The van der Waals surface area contributed by atoms with Gasteiger partial charge in [0, 0.05) is 19.3 Å². The molecule has 0 aliphatic carbocycles. The summed E-state index contributed by atoms with van der Waals surface area (Å²) >= 11 is 0. The van der Waals surface area contributed by atoms with Crippen LogP contribution in [0.5, 0.6) is 0 Å². The van der Waals surface area contributed by atoms with Crippen LogP contribution in [0.2, 0.25) is 0 Å². The molecule has 1 heterocycles. The summed E-state index contributed by atoms with van der Waals surface area (Å²) in [6, 6.07) is 9.92. The van der Waals surface area contributed by atoms with Gasteiger partial charge in [-0.2, -0.15) is 10.4 Å². The van der Waals surface area contributed by atoms with Gasteiger partial charge in [0.15, 0.2) is 0 Å². The lowest BCUT2D eigenvalue weighted by molar-refractivity contribution is 0.305. The zero-order valence-electron chi connectivity index (χ0n) is 11.4. The lowest BCUT2D eigenvalue weighted by Crippen LogP contribution is -2.23. The molecular weight excluding hydrogens is 236 g/mol. The number of rotatable bonds is 5. The Morgan fingerprint density at radius 1 is 1.42 bits per heavy atom. The molecule has 0 spiro atoms. The molecule has 4 heteroatoms. The van der Waals surface area contributed by atoms with Gasteiger partial charge >= 0.3 is 0 Å². The summed E-state index contributed by atoms with van der Waals surface area (Å²) in [6.45, 7) is 4.69. The van der Waals surface area contributed by atoms with Crippen molar-refractivity contribution in [3.05, 3.63) is 53.3 Å². The van der Waals surface area contributed by atoms with E-state index >= 15 is 0 Å². The predicted octanol–water partition coefficient (Wildman–Crippen LogP) is 2.20. The van der Waals surface area contributed by atoms with E-state index < -0.39 is 0 Å². The molecule has 1 aromatic heterocycles. The van der Waals surface area contributed by atoms with Crippen LogP contribution in [-0.2, 0) is 13.1 Å². The van der Waals surface area contributed by atoms with Gasteiger partial charge in [0.1, 0.15) is 0 Å². The quantitative estimate of drug-likeness (QED) is 0.821. The topological polar surface area (TPSA) is 44.9 Å². The van der Waals surface area contributed by atoms with Gasteiger partial charge in [-0.05, 0) is 37.2 Å². The van der Waals surface area contributed by atoms with Gasteiger partial charge in [0.05, 0.1) is 24.4 Å². The van der Waals surface area contributed by atoms with Gasteiger partial charge in [0.25, 0.3) is 0 Å². The summed E-state index contributed by atoms with van der Waals surface area (Å²) in [4.78, 5) is 2.23. The lowest BCUT2D eigenvalue weighted by Gasteiger charge is -2.16. The normalized spacial score (nSPS) is 10.6. The van der Waals surface area contributed by atoms with E-state index in [2.05, 4.69) is 29.2 Å². The van der Waals surface area contributed by atoms with Gasteiger partial charge in [-0.1, -0.05) is 12.1 Å². The second-order valence-electron chi connectivity index (χ2n) is 4.83. The molecule has 4 nitrogen and oxygen atoms in total. The molecule has 19 heavy (non-hydrogen) atoms. The Balaban J connectivity index is 1.87. The van der Waals surface area contributed by atoms with Crippen molar-refractivity contribution in [2.45, 2.75) is 20.0 Å². The Bertz CT molecular complexity index is 580. The van der Waals surface area contributed by atoms with E-state index in [0.717, 1.165) is 25.2 Å². The molecule has 0 saturated carbocycles. The van der Waals surface area contributed by atoms with E-state index in [9.17, 15) is 0 Å².